The van der Waals surface area contributed by atoms with Crippen LogP contribution in [0.5, 0.6) is 0 Å². The first kappa shape index (κ1) is 8.97. The van der Waals surface area contributed by atoms with Crippen molar-refractivity contribution in [3.8, 4) is 0 Å². The highest BCUT2D eigenvalue weighted by Gasteiger charge is 2.22. The van der Waals surface area contributed by atoms with Crippen molar-refractivity contribution in [1.82, 2.24) is 16.1 Å². The first-order valence-corrected chi connectivity index (χ1v) is 1.65. The second-order valence-corrected chi connectivity index (χ2v) is 0.861. The zero-order valence-electron chi connectivity index (χ0n) is 4.13. The molecule has 10 heteroatoms. The van der Waals surface area contributed by atoms with Gasteiger partial charge in [0.2, 0.25) is 0 Å². The van der Waals surface area contributed by atoms with Crippen molar-refractivity contribution in [2.75, 3.05) is 0 Å². The van der Waals surface area contributed by atoms with Crippen LogP contribution in [0.4, 0.5) is 22.4 Å². The highest BCUT2D eigenvalue weighted by Crippen LogP contribution is 2.07. The topological polar surface area (TPSA) is 34.4 Å². The second kappa shape index (κ2) is 3.90. The third-order valence-corrected chi connectivity index (χ3v) is 0.369. The van der Waals surface area contributed by atoms with Crippen molar-refractivity contribution in [3.05, 3.63) is 0 Å². The first-order chi connectivity index (χ1) is 4.59. The molecule has 0 amide bonds. The lowest BCUT2D eigenvalue weighted by atomic mass is 12.2. The number of rotatable bonds is 3. The predicted molar refractivity (Wildman–Crippen MR) is 15.9 cm³/mol. The fourth-order valence-corrected chi connectivity index (χ4v) is 0.117. The van der Waals surface area contributed by atoms with Crippen LogP contribution >= 0.6 is 0 Å². The molecule has 0 N–H and O–H groups in total. The maximum Gasteiger partial charge on any atom is 0.150 e. The van der Waals surface area contributed by atoms with E-state index in [1.807, 2.05) is 0 Å². The summed E-state index contributed by atoms with van der Waals surface area (Å²) in [6.45, 7) is 0. The van der Waals surface area contributed by atoms with Crippen LogP contribution in [0, 0.1) is 0 Å². The smallest absolute Gasteiger partial charge is 0.0857 e. The molecule has 0 aromatic carbocycles. The summed E-state index contributed by atoms with van der Waals surface area (Å²) in [5.74, 6) is 0. The zero-order valence-corrected chi connectivity index (χ0v) is 4.13. The molecule has 0 saturated carbocycles. The molecule has 0 bridgehead atoms. The molecule has 0 heterocycles. The molecule has 0 aromatic rings. The minimum atomic E-state index is -2.31. The molecule has 0 rings (SSSR count). The number of hydrogen-bond donors (Lipinski definition) is 0. The van der Waals surface area contributed by atoms with Crippen LogP contribution in [0.3, 0.4) is 0 Å². The monoisotopic (exact) mass is 165 g/mol. The van der Waals surface area contributed by atoms with Gasteiger partial charge in [0.05, 0.1) is 0 Å². The van der Waals surface area contributed by atoms with E-state index >= 15 is 0 Å². The van der Waals surface area contributed by atoms with Gasteiger partial charge in [-0.25, -0.2) is 0 Å². The van der Waals surface area contributed by atoms with E-state index in [0.717, 1.165) is 0 Å². The molecule has 10 heavy (non-hydrogen) atoms. The maximum absolute atomic E-state index is 11.4. The highest BCUT2D eigenvalue weighted by atomic mass is 19.4. The normalized spacial score (nSPS) is 11.9. The molecule has 0 aromatic heterocycles. The highest BCUT2D eigenvalue weighted by molar-refractivity contribution is 3.98. The second-order valence-electron chi connectivity index (χ2n) is 0.861. The molecule has 0 spiro atoms. The number of hydrazine groups is 2. The van der Waals surface area contributed by atoms with Crippen LogP contribution in [-0.4, -0.2) is 16.1 Å². The summed E-state index contributed by atoms with van der Waals surface area (Å²) in [5, 5.41) is -0.793. The van der Waals surface area contributed by atoms with Gasteiger partial charge in [-0.2, -0.15) is 0 Å². The Morgan fingerprint density at radius 3 is 1.80 bits per heavy atom. The van der Waals surface area contributed by atoms with E-state index in [9.17, 15) is 22.4 Å². The lowest BCUT2D eigenvalue weighted by molar-refractivity contribution is -0.482. The van der Waals surface area contributed by atoms with Crippen molar-refractivity contribution in [3.63, 3.8) is 0 Å². The number of nitrogens with zero attached hydrogens (tertiary/aromatic N) is 5. The molecule has 0 aliphatic heterocycles. The molecule has 60 valence electrons. The van der Waals surface area contributed by atoms with Crippen LogP contribution in [-0.2, 0) is 0 Å². The molecule has 0 saturated heterocycles. The van der Waals surface area contributed by atoms with Crippen molar-refractivity contribution in [2.45, 2.75) is 0 Å². The molecule has 0 atom stereocenters. The summed E-state index contributed by atoms with van der Waals surface area (Å²) in [7, 11) is 0. The maximum atomic E-state index is 11.4. The van der Waals surface area contributed by atoms with Gasteiger partial charge in [-0.05, 0) is 0 Å². The van der Waals surface area contributed by atoms with Crippen LogP contribution < -0.4 is 0 Å². The van der Waals surface area contributed by atoms with E-state index < -0.39 is 16.1 Å². The van der Waals surface area contributed by atoms with Gasteiger partial charge in [-0.3, -0.25) is 0 Å². The largest absolute Gasteiger partial charge is 0.150 e. The van der Waals surface area contributed by atoms with Gasteiger partial charge in [0, 0.05) is 15.9 Å². The van der Waals surface area contributed by atoms with E-state index in [0.29, 0.717) is 0 Å². The summed E-state index contributed by atoms with van der Waals surface area (Å²) in [6, 6.07) is 0. The molecule has 0 fully saturated rings. The van der Waals surface area contributed by atoms with Crippen LogP contribution in [0.15, 0.2) is 10.6 Å². The Balaban J connectivity index is 3.81. The van der Waals surface area contributed by atoms with Gasteiger partial charge in [-0.15, -0.1) is 0 Å². The average molecular weight is 165 g/mol. The number of hydrogen-bond acceptors (Lipinski definition) is 4. The fourth-order valence-electron chi connectivity index (χ4n) is 0.117. The Bertz CT molecular complexity index is 111. The molecular weight excluding hydrogens is 165 g/mol. The van der Waals surface area contributed by atoms with Crippen molar-refractivity contribution in [1.29, 1.82) is 0 Å². The zero-order chi connectivity index (χ0) is 8.15. The summed E-state index contributed by atoms with van der Waals surface area (Å²) >= 11 is 0. The van der Waals surface area contributed by atoms with Gasteiger partial charge in [0.1, 0.15) is 5.34 Å². The van der Waals surface area contributed by atoms with Gasteiger partial charge in [-0.1, -0.05) is 22.4 Å². The van der Waals surface area contributed by atoms with E-state index in [2.05, 4.69) is 0 Å². The molecule has 0 aliphatic rings. The quantitative estimate of drug-likeness (QED) is 0.275. The standard InChI is InChI=1S/F5N5/c1-6-7-9(4)10(5)8(2)3. The molecule has 0 aliphatic carbocycles. The Kier molecular flexibility index (Phi) is 3.49. The first-order valence-electron chi connectivity index (χ1n) is 1.65. The molecule has 0 radical (unpaired) electrons. The molecule has 0 unspecified atom stereocenters. The van der Waals surface area contributed by atoms with Crippen molar-refractivity contribution >= 4 is 0 Å². The van der Waals surface area contributed by atoms with Crippen LogP contribution in [0.1, 0.15) is 0 Å². The fraction of sp³-hybridized carbons (Fsp3) is 0. The van der Waals surface area contributed by atoms with E-state index in [4.69, 9.17) is 0 Å². The van der Waals surface area contributed by atoms with Gasteiger partial charge >= 0.3 is 0 Å². The third-order valence-electron chi connectivity index (χ3n) is 0.369. The van der Waals surface area contributed by atoms with E-state index in [-0.39, 0.29) is 0 Å². The summed E-state index contributed by atoms with van der Waals surface area (Å²) in [6.07, 6.45) is 0. The van der Waals surface area contributed by atoms with Gasteiger partial charge in [0.25, 0.3) is 0 Å². The minimum absolute atomic E-state index is 1.17. The van der Waals surface area contributed by atoms with Crippen molar-refractivity contribution in [2.24, 2.45) is 10.6 Å². The minimum Gasteiger partial charge on any atom is -0.0857 e. The third kappa shape index (κ3) is 2.50. The predicted octanol–water partition coefficient (Wildman–Crippen LogP) is 1.51. The van der Waals surface area contributed by atoms with Crippen molar-refractivity contribution < 1.29 is 22.4 Å². The molecular formula is F5N5. The summed E-state index contributed by atoms with van der Waals surface area (Å²) in [4.78, 5) is 0. The Morgan fingerprint density at radius 1 is 1.00 bits per heavy atom. The van der Waals surface area contributed by atoms with Crippen LogP contribution in [0.2, 0.25) is 0 Å². The van der Waals surface area contributed by atoms with Gasteiger partial charge < -0.3 is 0 Å². The Morgan fingerprint density at radius 2 is 1.50 bits per heavy atom. The average Bonchev–Trinajstić information content (AvgIpc) is 1.87. The van der Waals surface area contributed by atoms with Gasteiger partial charge in [0.15, 0.2) is 5.45 Å². The SMILES string of the molecule is FN=NN(F)N(F)N(F)F. The lowest BCUT2D eigenvalue weighted by Crippen LogP contribution is -2.31. The summed E-state index contributed by atoms with van der Waals surface area (Å²) in [5.41, 5.74) is -2.31. The van der Waals surface area contributed by atoms with E-state index in [1.54, 1.807) is 5.22 Å². The summed E-state index contributed by atoms with van der Waals surface area (Å²) < 4.78 is 55.1. The Labute approximate surface area is 50.5 Å². The lowest BCUT2D eigenvalue weighted by Gasteiger charge is -2.10. The van der Waals surface area contributed by atoms with Crippen LogP contribution in [0.25, 0.3) is 0 Å². The molecule has 5 nitrogen and oxygen atoms in total. The number of halogens is 5. The van der Waals surface area contributed by atoms with E-state index in [1.165, 1.54) is 5.34 Å². The Hall–Kier alpha value is -1.03.